The summed E-state index contributed by atoms with van der Waals surface area (Å²) in [5.41, 5.74) is 0.627. The van der Waals surface area contributed by atoms with Gasteiger partial charge in [0.05, 0.1) is 18.8 Å². The lowest BCUT2D eigenvalue weighted by Gasteiger charge is -2.21. The Labute approximate surface area is 168 Å². The summed E-state index contributed by atoms with van der Waals surface area (Å²) >= 11 is 0. The first-order valence-corrected chi connectivity index (χ1v) is 8.17. The molecule has 1 amide bonds. The molecular formula is C17H31IN6O. The van der Waals surface area contributed by atoms with E-state index in [0.29, 0.717) is 12.5 Å². The van der Waals surface area contributed by atoms with Crippen molar-refractivity contribution in [3.05, 3.63) is 23.9 Å². The number of hydrogen-bond acceptors (Lipinski definition) is 4. The molecule has 0 aliphatic heterocycles. The Balaban J connectivity index is 0.00000576. The van der Waals surface area contributed by atoms with Gasteiger partial charge in [0, 0.05) is 26.2 Å². The smallest absolute Gasteiger partial charge is 0.239 e. The Morgan fingerprint density at radius 1 is 1.24 bits per heavy atom. The lowest BCUT2D eigenvalue weighted by Crippen LogP contribution is -2.48. The van der Waals surface area contributed by atoms with Crippen LogP contribution in [0.4, 0.5) is 5.82 Å². The maximum atomic E-state index is 11.9. The van der Waals surface area contributed by atoms with Gasteiger partial charge >= 0.3 is 0 Å². The highest BCUT2D eigenvalue weighted by Crippen LogP contribution is 2.08. The number of pyridine rings is 1. The molecule has 0 aliphatic rings. The van der Waals surface area contributed by atoms with E-state index in [0.717, 1.165) is 18.1 Å². The number of carbonyl (C=O) groups excluding carboxylic acids is 1. The van der Waals surface area contributed by atoms with Crippen molar-refractivity contribution in [3.8, 4) is 0 Å². The molecule has 0 bridgehead atoms. The highest BCUT2D eigenvalue weighted by Gasteiger charge is 2.13. The Morgan fingerprint density at radius 2 is 1.92 bits per heavy atom. The van der Waals surface area contributed by atoms with Crippen LogP contribution in [0.15, 0.2) is 23.2 Å². The third-order valence-electron chi connectivity index (χ3n) is 2.92. The van der Waals surface area contributed by atoms with E-state index in [2.05, 4.69) is 25.9 Å². The van der Waals surface area contributed by atoms with Gasteiger partial charge in [-0.3, -0.25) is 4.79 Å². The number of hydrogen-bond donors (Lipinski definition) is 3. The minimum atomic E-state index is -0.245. The normalized spacial score (nSPS) is 11.4. The first-order valence-electron chi connectivity index (χ1n) is 8.17. The van der Waals surface area contributed by atoms with Crippen LogP contribution in [0.25, 0.3) is 0 Å². The van der Waals surface area contributed by atoms with Crippen molar-refractivity contribution in [2.75, 3.05) is 32.1 Å². The molecule has 25 heavy (non-hydrogen) atoms. The number of halogens is 1. The Kier molecular flexibility index (Phi) is 10.4. The average Bonchev–Trinajstić information content (AvgIpc) is 2.48. The van der Waals surface area contributed by atoms with Gasteiger partial charge in [-0.05, 0) is 39.8 Å². The van der Waals surface area contributed by atoms with Crippen LogP contribution >= 0.6 is 24.0 Å². The van der Waals surface area contributed by atoms with E-state index in [1.54, 1.807) is 0 Å². The highest BCUT2D eigenvalue weighted by molar-refractivity contribution is 14.0. The van der Waals surface area contributed by atoms with E-state index in [1.165, 1.54) is 0 Å². The molecule has 0 aliphatic carbocycles. The number of amides is 1. The molecule has 1 aromatic rings. The maximum Gasteiger partial charge on any atom is 0.239 e. The SMILES string of the molecule is CCNC(=NCc1cccc(N(C)C)n1)NCC(=O)NC(C)(C)C.I. The van der Waals surface area contributed by atoms with E-state index in [1.807, 2.05) is 64.9 Å². The highest BCUT2D eigenvalue weighted by atomic mass is 127. The van der Waals surface area contributed by atoms with Crippen molar-refractivity contribution in [3.63, 3.8) is 0 Å². The summed E-state index contributed by atoms with van der Waals surface area (Å²) in [5, 5.41) is 9.08. The number of nitrogens with one attached hydrogen (secondary N) is 3. The molecule has 0 saturated heterocycles. The van der Waals surface area contributed by atoms with Crippen LogP contribution in [-0.4, -0.2) is 49.6 Å². The molecule has 8 heteroatoms. The average molecular weight is 462 g/mol. The Morgan fingerprint density at radius 3 is 2.48 bits per heavy atom. The number of anilines is 1. The predicted molar refractivity (Wildman–Crippen MR) is 115 cm³/mol. The fourth-order valence-corrected chi connectivity index (χ4v) is 1.93. The summed E-state index contributed by atoms with van der Waals surface area (Å²) in [7, 11) is 3.91. The molecule has 142 valence electrons. The number of carbonyl (C=O) groups is 1. The van der Waals surface area contributed by atoms with Gasteiger partial charge in [0.1, 0.15) is 5.82 Å². The molecule has 7 nitrogen and oxygen atoms in total. The van der Waals surface area contributed by atoms with Gasteiger partial charge < -0.3 is 20.9 Å². The van der Waals surface area contributed by atoms with Gasteiger partial charge in [0.15, 0.2) is 5.96 Å². The van der Waals surface area contributed by atoms with E-state index < -0.39 is 0 Å². The fraction of sp³-hybridized carbons (Fsp3) is 0.588. The second-order valence-electron chi connectivity index (χ2n) is 6.73. The van der Waals surface area contributed by atoms with Crippen LogP contribution in [0.5, 0.6) is 0 Å². The van der Waals surface area contributed by atoms with Gasteiger partial charge in [0.2, 0.25) is 5.91 Å². The van der Waals surface area contributed by atoms with Gasteiger partial charge in [0.25, 0.3) is 0 Å². The number of aromatic nitrogens is 1. The summed E-state index contributed by atoms with van der Waals surface area (Å²) in [6, 6.07) is 5.85. The quantitative estimate of drug-likeness (QED) is 0.341. The number of rotatable bonds is 6. The van der Waals surface area contributed by atoms with Crippen LogP contribution in [0.3, 0.4) is 0 Å². The summed E-state index contributed by atoms with van der Waals surface area (Å²) in [6.07, 6.45) is 0. The second-order valence-corrected chi connectivity index (χ2v) is 6.73. The summed E-state index contributed by atoms with van der Waals surface area (Å²) < 4.78 is 0. The minimum Gasteiger partial charge on any atom is -0.363 e. The van der Waals surface area contributed by atoms with Gasteiger partial charge in [-0.2, -0.15) is 0 Å². The third kappa shape index (κ3) is 10.1. The predicted octanol–water partition coefficient (Wildman–Crippen LogP) is 1.74. The maximum absolute atomic E-state index is 11.9. The number of guanidine groups is 1. The van der Waals surface area contributed by atoms with Crippen LogP contribution in [0, 0.1) is 0 Å². The first-order chi connectivity index (χ1) is 11.2. The number of aliphatic imine (C=N–C) groups is 1. The van der Waals surface area contributed by atoms with Crippen molar-refractivity contribution in [2.24, 2.45) is 4.99 Å². The fourth-order valence-electron chi connectivity index (χ4n) is 1.93. The minimum absolute atomic E-state index is 0. The molecule has 0 fully saturated rings. The standard InChI is InChI=1S/C17H30N6O.HI/c1-7-18-16(20-12-15(24)22-17(2,3)4)19-11-13-9-8-10-14(21-13)23(5)6;/h8-10H,7,11-12H2,1-6H3,(H,22,24)(H2,18,19,20);1H. The second kappa shape index (κ2) is 11.1. The summed E-state index contributed by atoms with van der Waals surface area (Å²) in [4.78, 5) is 22.9. The molecule has 0 radical (unpaired) electrons. The molecule has 3 N–H and O–H groups in total. The molecule has 0 atom stereocenters. The molecule has 0 unspecified atom stereocenters. The topological polar surface area (TPSA) is 81.7 Å². The van der Waals surface area contributed by atoms with Crippen molar-refractivity contribution in [2.45, 2.75) is 39.8 Å². The molecule has 1 heterocycles. The van der Waals surface area contributed by atoms with Crippen LogP contribution in [0.1, 0.15) is 33.4 Å². The van der Waals surface area contributed by atoms with E-state index in [4.69, 9.17) is 0 Å². The van der Waals surface area contributed by atoms with Crippen LogP contribution in [-0.2, 0) is 11.3 Å². The summed E-state index contributed by atoms with van der Waals surface area (Å²) in [6.45, 7) is 9.18. The van der Waals surface area contributed by atoms with E-state index in [9.17, 15) is 4.79 Å². The van der Waals surface area contributed by atoms with Crippen LogP contribution < -0.4 is 20.9 Å². The van der Waals surface area contributed by atoms with E-state index >= 15 is 0 Å². The zero-order chi connectivity index (χ0) is 18.2. The third-order valence-corrected chi connectivity index (χ3v) is 2.92. The van der Waals surface area contributed by atoms with Gasteiger partial charge in [-0.15, -0.1) is 24.0 Å². The Bertz CT molecular complexity index is 569. The van der Waals surface area contributed by atoms with Crippen molar-refractivity contribution >= 4 is 41.7 Å². The van der Waals surface area contributed by atoms with E-state index in [-0.39, 0.29) is 42.0 Å². The largest absolute Gasteiger partial charge is 0.363 e. The van der Waals surface area contributed by atoms with Crippen molar-refractivity contribution in [1.82, 2.24) is 20.9 Å². The molecule has 0 spiro atoms. The van der Waals surface area contributed by atoms with Gasteiger partial charge in [-0.1, -0.05) is 6.07 Å². The van der Waals surface area contributed by atoms with Crippen molar-refractivity contribution in [1.29, 1.82) is 0 Å². The molecule has 1 rings (SSSR count). The molecule has 0 saturated carbocycles. The summed E-state index contributed by atoms with van der Waals surface area (Å²) in [5.74, 6) is 1.42. The molecule has 0 aromatic carbocycles. The monoisotopic (exact) mass is 462 g/mol. The van der Waals surface area contributed by atoms with Crippen LogP contribution in [0.2, 0.25) is 0 Å². The molecular weight excluding hydrogens is 431 g/mol. The number of nitrogens with zero attached hydrogens (tertiary/aromatic N) is 3. The zero-order valence-electron chi connectivity index (χ0n) is 16.0. The lowest BCUT2D eigenvalue weighted by molar-refractivity contribution is -0.121. The lowest BCUT2D eigenvalue weighted by atomic mass is 10.1. The van der Waals surface area contributed by atoms with Crippen molar-refractivity contribution < 1.29 is 4.79 Å². The zero-order valence-corrected chi connectivity index (χ0v) is 18.3. The Hall–Kier alpha value is -1.58. The molecule has 1 aromatic heterocycles. The first kappa shape index (κ1) is 23.4. The van der Waals surface area contributed by atoms with Gasteiger partial charge in [-0.25, -0.2) is 9.98 Å².